The number of hydrogen-bond acceptors (Lipinski definition) is 7. The molecular formula is C24H20N4O5. The minimum Gasteiger partial charge on any atom is -0.458 e. The predicted molar refractivity (Wildman–Crippen MR) is 122 cm³/mol. The molecule has 1 aliphatic heterocycles. The fourth-order valence-corrected chi connectivity index (χ4v) is 3.55. The number of hydrogen-bond donors (Lipinski definition) is 1. The molecule has 2 N–H and O–H groups in total. The molecule has 0 aliphatic carbocycles. The Morgan fingerprint density at radius 2 is 1.73 bits per heavy atom. The number of carbonyl (C=O) groups excluding carboxylic acids is 2. The Morgan fingerprint density at radius 3 is 2.36 bits per heavy atom. The lowest BCUT2D eigenvalue weighted by Crippen LogP contribution is -2.59. The molecule has 0 aromatic heterocycles. The third-order valence-corrected chi connectivity index (χ3v) is 5.30. The van der Waals surface area contributed by atoms with Crippen LogP contribution in [0.3, 0.4) is 0 Å². The van der Waals surface area contributed by atoms with Crippen LogP contribution >= 0.6 is 0 Å². The van der Waals surface area contributed by atoms with Crippen molar-refractivity contribution in [3.05, 3.63) is 106 Å². The van der Waals surface area contributed by atoms with Gasteiger partial charge in [-0.15, -0.1) is 0 Å². The van der Waals surface area contributed by atoms with Crippen LogP contribution in [0.15, 0.2) is 83.9 Å². The van der Waals surface area contributed by atoms with Crippen LogP contribution in [0.1, 0.15) is 16.7 Å². The first-order chi connectivity index (χ1) is 15.8. The van der Waals surface area contributed by atoms with Gasteiger partial charge in [0.15, 0.2) is 0 Å². The molecule has 0 radical (unpaired) electrons. The van der Waals surface area contributed by atoms with E-state index in [1.165, 1.54) is 30.1 Å². The number of nitrogens with zero attached hydrogens (tertiary/aromatic N) is 3. The summed E-state index contributed by atoms with van der Waals surface area (Å²) in [4.78, 5) is 42.8. The number of benzodiazepines with no additional fused rings is 1. The van der Waals surface area contributed by atoms with Gasteiger partial charge in [0.1, 0.15) is 6.61 Å². The zero-order chi connectivity index (χ0) is 23.6. The number of esters is 1. The monoisotopic (exact) mass is 444 g/mol. The molecule has 0 spiro atoms. The number of anilines is 1. The molecule has 1 amide bonds. The Balaban J connectivity index is 1.84. The number of ether oxygens (including phenoxy) is 1. The van der Waals surface area contributed by atoms with Crippen molar-refractivity contribution in [2.24, 2.45) is 10.7 Å². The molecule has 3 aromatic carbocycles. The third-order valence-electron chi connectivity index (χ3n) is 5.30. The normalized spacial score (nSPS) is 17.6. The summed E-state index contributed by atoms with van der Waals surface area (Å²) < 4.78 is 5.36. The van der Waals surface area contributed by atoms with Crippen LogP contribution in [0.2, 0.25) is 0 Å². The van der Waals surface area contributed by atoms with Gasteiger partial charge in [-0.3, -0.25) is 20.6 Å². The molecule has 9 nitrogen and oxygen atoms in total. The van der Waals surface area contributed by atoms with Crippen LogP contribution in [0.4, 0.5) is 11.4 Å². The van der Waals surface area contributed by atoms with E-state index in [1.54, 1.807) is 54.6 Å². The minimum atomic E-state index is -2.39. The summed E-state index contributed by atoms with van der Waals surface area (Å²) in [5.41, 5.74) is 5.80. The number of likely N-dealkylation sites (N-methyl/N-ethyl adjacent to an activating group) is 1. The standard InChI is InChI=1S/C24H20N4O5/c1-27-20-13-12-18(28(31)32)14-19(20)21(17-10-6-3-7-11-17)26-24(25,22(27)29)23(30)33-15-16-8-4-2-5-9-16/h2-14H,15,25H2,1H3. The molecule has 0 bridgehead atoms. The van der Waals surface area contributed by atoms with Crippen LogP contribution in [0.5, 0.6) is 0 Å². The van der Waals surface area contributed by atoms with E-state index in [2.05, 4.69) is 4.99 Å². The van der Waals surface area contributed by atoms with Gasteiger partial charge >= 0.3 is 5.97 Å². The smallest absolute Gasteiger partial charge is 0.359 e. The fraction of sp³-hybridized carbons (Fsp3) is 0.125. The molecule has 1 atom stereocenters. The second-order valence-corrected chi connectivity index (χ2v) is 7.48. The number of amides is 1. The summed E-state index contributed by atoms with van der Waals surface area (Å²) in [7, 11) is 1.43. The maximum absolute atomic E-state index is 13.3. The molecule has 33 heavy (non-hydrogen) atoms. The number of nitro benzene ring substituents is 1. The lowest BCUT2D eigenvalue weighted by Gasteiger charge is -2.25. The second kappa shape index (κ2) is 8.64. The van der Waals surface area contributed by atoms with Crippen molar-refractivity contribution in [3.63, 3.8) is 0 Å². The van der Waals surface area contributed by atoms with Crippen molar-refractivity contribution >= 4 is 29.0 Å². The molecule has 166 valence electrons. The van der Waals surface area contributed by atoms with Crippen molar-refractivity contribution in [2.45, 2.75) is 12.3 Å². The van der Waals surface area contributed by atoms with Gasteiger partial charge in [0.05, 0.1) is 16.3 Å². The third kappa shape index (κ3) is 4.09. The molecule has 9 heteroatoms. The Bertz CT molecular complexity index is 1260. The molecule has 0 saturated heterocycles. The van der Waals surface area contributed by atoms with Crippen LogP contribution < -0.4 is 10.6 Å². The van der Waals surface area contributed by atoms with Gasteiger partial charge in [-0.25, -0.2) is 9.79 Å². The number of non-ortho nitro benzene ring substituents is 1. The predicted octanol–water partition coefficient (Wildman–Crippen LogP) is 2.81. The van der Waals surface area contributed by atoms with Gasteiger partial charge < -0.3 is 9.64 Å². The van der Waals surface area contributed by atoms with Crippen LogP contribution in [0.25, 0.3) is 0 Å². The SMILES string of the molecule is CN1C(=O)C(N)(C(=O)OCc2ccccc2)N=C(c2ccccc2)c2cc([N+](=O)[O-])ccc21. The van der Waals surface area contributed by atoms with Crippen LogP contribution in [-0.4, -0.2) is 35.2 Å². The molecule has 1 heterocycles. The average Bonchev–Trinajstić information content (AvgIpc) is 2.93. The van der Waals surface area contributed by atoms with E-state index in [0.717, 1.165) is 5.56 Å². The number of fused-ring (bicyclic) bond motifs is 1. The van der Waals surface area contributed by atoms with E-state index in [0.29, 0.717) is 16.8 Å². The number of aliphatic imine (C=N–C) groups is 1. The van der Waals surface area contributed by atoms with Crippen LogP contribution in [0, 0.1) is 10.1 Å². The summed E-state index contributed by atoms with van der Waals surface area (Å²) >= 11 is 0. The lowest BCUT2D eigenvalue weighted by molar-refractivity contribution is -0.384. The van der Waals surface area contributed by atoms with E-state index in [4.69, 9.17) is 10.5 Å². The maximum atomic E-state index is 13.3. The van der Waals surface area contributed by atoms with Gasteiger partial charge in [0.2, 0.25) is 0 Å². The highest BCUT2D eigenvalue weighted by Gasteiger charge is 2.49. The zero-order valence-electron chi connectivity index (χ0n) is 17.7. The second-order valence-electron chi connectivity index (χ2n) is 7.48. The minimum absolute atomic E-state index is 0.0930. The molecule has 0 saturated carbocycles. The van der Waals surface area contributed by atoms with Gasteiger partial charge in [0.25, 0.3) is 17.3 Å². The maximum Gasteiger partial charge on any atom is 0.359 e. The Hall–Kier alpha value is -4.37. The first-order valence-electron chi connectivity index (χ1n) is 10.0. The highest BCUT2D eigenvalue weighted by Crippen LogP contribution is 2.33. The van der Waals surface area contributed by atoms with Crippen LogP contribution in [-0.2, 0) is 20.9 Å². The largest absolute Gasteiger partial charge is 0.458 e. The molecular weight excluding hydrogens is 424 g/mol. The number of benzene rings is 3. The number of rotatable bonds is 5. The van der Waals surface area contributed by atoms with E-state index >= 15 is 0 Å². The molecule has 4 rings (SSSR count). The summed E-state index contributed by atoms with van der Waals surface area (Å²) in [5.74, 6) is -1.85. The van der Waals surface area contributed by atoms with E-state index in [1.807, 2.05) is 6.07 Å². The Morgan fingerprint density at radius 1 is 1.09 bits per heavy atom. The van der Waals surface area contributed by atoms with Crippen molar-refractivity contribution < 1.29 is 19.2 Å². The van der Waals surface area contributed by atoms with Crippen molar-refractivity contribution in [2.75, 3.05) is 11.9 Å². The van der Waals surface area contributed by atoms with Gasteiger partial charge in [0, 0.05) is 30.3 Å². The van der Waals surface area contributed by atoms with E-state index in [9.17, 15) is 19.7 Å². The Kier molecular flexibility index (Phi) is 5.72. The fourth-order valence-electron chi connectivity index (χ4n) is 3.55. The summed E-state index contributed by atoms with van der Waals surface area (Å²) in [6.45, 7) is -0.0930. The number of nitrogens with two attached hydrogens (primary N) is 1. The zero-order valence-corrected chi connectivity index (χ0v) is 17.7. The quantitative estimate of drug-likeness (QED) is 0.279. The molecule has 1 aliphatic rings. The van der Waals surface area contributed by atoms with Gasteiger partial charge in [-0.2, -0.15) is 0 Å². The highest BCUT2D eigenvalue weighted by atomic mass is 16.6. The van der Waals surface area contributed by atoms with Gasteiger partial charge in [-0.1, -0.05) is 60.7 Å². The highest BCUT2D eigenvalue weighted by molar-refractivity contribution is 6.25. The molecule has 3 aromatic rings. The number of nitro groups is 1. The first-order valence-corrected chi connectivity index (χ1v) is 10.0. The summed E-state index contributed by atoms with van der Waals surface area (Å²) in [6, 6.07) is 21.7. The molecule has 1 unspecified atom stereocenters. The summed E-state index contributed by atoms with van der Waals surface area (Å²) in [5, 5.41) is 11.4. The average molecular weight is 444 g/mol. The molecule has 0 fully saturated rings. The summed E-state index contributed by atoms with van der Waals surface area (Å²) in [6.07, 6.45) is 0. The van der Waals surface area contributed by atoms with E-state index < -0.39 is 22.5 Å². The number of carbonyl (C=O) groups is 2. The van der Waals surface area contributed by atoms with Crippen molar-refractivity contribution in [1.29, 1.82) is 0 Å². The first kappa shape index (κ1) is 21.8. The topological polar surface area (TPSA) is 128 Å². The lowest BCUT2D eigenvalue weighted by atomic mass is 9.99. The van der Waals surface area contributed by atoms with E-state index in [-0.39, 0.29) is 18.0 Å². The Labute approximate surface area is 189 Å². The van der Waals surface area contributed by atoms with Gasteiger partial charge in [-0.05, 0) is 11.6 Å². The van der Waals surface area contributed by atoms with Crippen molar-refractivity contribution in [3.8, 4) is 0 Å². The van der Waals surface area contributed by atoms with Crippen molar-refractivity contribution in [1.82, 2.24) is 0 Å².